The molecule has 0 atom stereocenters. The van der Waals surface area contributed by atoms with Crippen LogP contribution in [0.1, 0.15) is 18.4 Å². The molecule has 0 N–H and O–H groups in total. The van der Waals surface area contributed by atoms with Gasteiger partial charge in [0, 0.05) is 6.42 Å². The van der Waals surface area contributed by atoms with E-state index in [4.69, 9.17) is 23.7 Å². The molecule has 19 heavy (non-hydrogen) atoms. The van der Waals surface area contributed by atoms with Crippen LogP contribution in [0.5, 0.6) is 11.5 Å². The van der Waals surface area contributed by atoms with Gasteiger partial charge in [0.1, 0.15) is 0 Å². The van der Waals surface area contributed by atoms with Crippen molar-refractivity contribution in [2.24, 2.45) is 0 Å². The van der Waals surface area contributed by atoms with Crippen molar-refractivity contribution < 1.29 is 23.7 Å². The van der Waals surface area contributed by atoms with Gasteiger partial charge in [0.25, 0.3) is 0 Å². The number of rotatable bonds is 5. The SMILES string of the molecule is c1cc2c(cc1COCCC1OCCCO1)OCO2. The zero-order valence-electron chi connectivity index (χ0n) is 10.8. The van der Waals surface area contributed by atoms with Gasteiger partial charge in [-0.3, -0.25) is 0 Å². The summed E-state index contributed by atoms with van der Waals surface area (Å²) in [5, 5.41) is 0. The normalized spacial score (nSPS) is 18.7. The van der Waals surface area contributed by atoms with Crippen LogP contribution in [0.25, 0.3) is 0 Å². The highest BCUT2D eigenvalue weighted by molar-refractivity contribution is 5.44. The number of benzene rings is 1. The van der Waals surface area contributed by atoms with Gasteiger partial charge in [0.2, 0.25) is 6.79 Å². The van der Waals surface area contributed by atoms with Crippen molar-refractivity contribution in [1.82, 2.24) is 0 Å². The Hall–Kier alpha value is -1.30. The van der Waals surface area contributed by atoms with E-state index in [0.29, 0.717) is 20.0 Å². The summed E-state index contributed by atoms with van der Waals surface area (Å²) >= 11 is 0. The molecule has 1 saturated heterocycles. The highest BCUT2D eigenvalue weighted by Gasteiger charge is 2.15. The van der Waals surface area contributed by atoms with Crippen LogP contribution in [0.4, 0.5) is 0 Å². The first kappa shape index (κ1) is 12.7. The smallest absolute Gasteiger partial charge is 0.231 e. The second kappa shape index (κ2) is 6.23. The van der Waals surface area contributed by atoms with Gasteiger partial charge in [0.05, 0.1) is 26.4 Å². The van der Waals surface area contributed by atoms with Gasteiger partial charge < -0.3 is 23.7 Å². The van der Waals surface area contributed by atoms with E-state index in [1.54, 1.807) is 0 Å². The highest BCUT2D eigenvalue weighted by atomic mass is 16.7. The minimum absolute atomic E-state index is 0.106. The van der Waals surface area contributed by atoms with Gasteiger partial charge in [-0.25, -0.2) is 0 Å². The van der Waals surface area contributed by atoms with Gasteiger partial charge in [-0.05, 0) is 24.1 Å². The Balaban J connectivity index is 1.40. The van der Waals surface area contributed by atoms with Crippen LogP contribution >= 0.6 is 0 Å². The average Bonchev–Trinajstić information content (AvgIpc) is 2.92. The summed E-state index contributed by atoms with van der Waals surface area (Å²) in [6.07, 6.45) is 1.64. The van der Waals surface area contributed by atoms with Crippen LogP contribution in [0.2, 0.25) is 0 Å². The quantitative estimate of drug-likeness (QED) is 0.764. The number of fused-ring (bicyclic) bond motifs is 1. The summed E-state index contributed by atoms with van der Waals surface area (Å²) in [5.41, 5.74) is 1.08. The topological polar surface area (TPSA) is 46.2 Å². The van der Waals surface area contributed by atoms with E-state index < -0.39 is 0 Å². The molecule has 3 rings (SSSR count). The number of ether oxygens (including phenoxy) is 5. The zero-order chi connectivity index (χ0) is 12.9. The summed E-state index contributed by atoms with van der Waals surface area (Å²) in [7, 11) is 0. The van der Waals surface area contributed by atoms with Gasteiger partial charge >= 0.3 is 0 Å². The lowest BCUT2D eigenvalue weighted by Crippen LogP contribution is -2.26. The van der Waals surface area contributed by atoms with Crippen molar-refractivity contribution in [3.63, 3.8) is 0 Å². The maximum atomic E-state index is 5.63. The van der Waals surface area contributed by atoms with Gasteiger partial charge in [-0.15, -0.1) is 0 Å². The molecule has 0 aliphatic carbocycles. The van der Waals surface area contributed by atoms with Crippen molar-refractivity contribution in [1.29, 1.82) is 0 Å². The second-order valence-corrected chi connectivity index (χ2v) is 4.55. The molecule has 1 fully saturated rings. The third-order valence-corrected chi connectivity index (χ3v) is 3.10. The van der Waals surface area contributed by atoms with E-state index in [9.17, 15) is 0 Å². The van der Waals surface area contributed by atoms with E-state index in [2.05, 4.69) is 0 Å². The van der Waals surface area contributed by atoms with Gasteiger partial charge in [0.15, 0.2) is 17.8 Å². The minimum atomic E-state index is -0.106. The fraction of sp³-hybridized carbons (Fsp3) is 0.571. The summed E-state index contributed by atoms with van der Waals surface area (Å²) in [5.74, 6) is 1.59. The third kappa shape index (κ3) is 3.37. The van der Waals surface area contributed by atoms with Crippen LogP contribution in [0, 0.1) is 0 Å². The molecule has 1 aromatic carbocycles. The molecule has 0 spiro atoms. The fourth-order valence-corrected chi connectivity index (χ4v) is 2.10. The number of hydrogen-bond acceptors (Lipinski definition) is 5. The second-order valence-electron chi connectivity index (χ2n) is 4.55. The van der Waals surface area contributed by atoms with Crippen LogP contribution in [0.3, 0.4) is 0 Å². The monoisotopic (exact) mass is 266 g/mol. The molecule has 1 aromatic rings. The van der Waals surface area contributed by atoms with Crippen molar-refractivity contribution >= 4 is 0 Å². The fourth-order valence-electron chi connectivity index (χ4n) is 2.10. The molecule has 104 valence electrons. The maximum absolute atomic E-state index is 5.63. The van der Waals surface area contributed by atoms with Gasteiger partial charge in [-0.1, -0.05) is 6.07 Å². The predicted molar refractivity (Wildman–Crippen MR) is 67.1 cm³/mol. The summed E-state index contributed by atoms with van der Waals surface area (Å²) in [6.45, 7) is 3.05. The van der Waals surface area contributed by atoms with E-state index in [1.807, 2.05) is 18.2 Å². The first-order chi connectivity index (χ1) is 9.42. The van der Waals surface area contributed by atoms with Crippen LogP contribution in [0.15, 0.2) is 18.2 Å². The first-order valence-corrected chi connectivity index (χ1v) is 6.61. The Morgan fingerprint density at radius 1 is 1.11 bits per heavy atom. The molecular weight excluding hydrogens is 248 g/mol. The van der Waals surface area contributed by atoms with Crippen LogP contribution < -0.4 is 9.47 Å². The Kier molecular flexibility index (Phi) is 4.17. The summed E-state index contributed by atoms with van der Waals surface area (Å²) in [6, 6.07) is 5.85. The van der Waals surface area contributed by atoms with Crippen LogP contribution in [-0.4, -0.2) is 32.9 Å². The van der Waals surface area contributed by atoms with E-state index in [1.165, 1.54) is 0 Å². The largest absolute Gasteiger partial charge is 0.454 e. The Morgan fingerprint density at radius 3 is 2.84 bits per heavy atom. The lowest BCUT2D eigenvalue weighted by Gasteiger charge is -2.22. The minimum Gasteiger partial charge on any atom is -0.454 e. The number of hydrogen-bond donors (Lipinski definition) is 0. The standard InChI is InChI=1S/C14H18O5/c1-5-16-14(17-6-1)4-7-15-9-11-2-3-12-13(8-11)19-10-18-12/h2-3,8,14H,1,4-7,9-10H2. The predicted octanol–water partition coefficient (Wildman–Crippen LogP) is 2.08. The summed E-state index contributed by atoms with van der Waals surface area (Å²) in [4.78, 5) is 0. The molecule has 0 unspecified atom stereocenters. The molecule has 0 amide bonds. The molecule has 5 heteroatoms. The molecule has 2 aliphatic rings. The molecule has 0 bridgehead atoms. The van der Waals surface area contributed by atoms with E-state index in [0.717, 1.165) is 43.1 Å². The van der Waals surface area contributed by atoms with Gasteiger partial charge in [-0.2, -0.15) is 0 Å². The molecule has 2 aliphatic heterocycles. The Labute approximate surface area is 112 Å². The zero-order valence-corrected chi connectivity index (χ0v) is 10.8. The molecule has 0 radical (unpaired) electrons. The lowest BCUT2D eigenvalue weighted by atomic mass is 10.2. The maximum Gasteiger partial charge on any atom is 0.231 e. The summed E-state index contributed by atoms with van der Waals surface area (Å²) < 4.78 is 27.1. The lowest BCUT2D eigenvalue weighted by molar-refractivity contribution is -0.186. The molecule has 0 saturated carbocycles. The van der Waals surface area contributed by atoms with E-state index >= 15 is 0 Å². The molecule has 0 aromatic heterocycles. The van der Waals surface area contributed by atoms with Crippen molar-refractivity contribution in [3.8, 4) is 11.5 Å². The molecule has 2 heterocycles. The average molecular weight is 266 g/mol. The third-order valence-electron chi connectivity index (χ3n) is 3.10. The molecule has 5 nitrogen and oxygen atoms in total. The first-order valence-electron chi connectivity index (χ1n) is 6.61. The Morgan fingerprint density at radius 2 is 1.95 bits per heavy atom. The highest BCUT2D eigenvalue weighted by Crippen LogP contribution is 2.32. The molecular formula is C14H18O5. The van der Waals surface area contributed by atoms with E-state index in [-0.39, 0.29) is 6.29 Å². The van der Waals surface area contributed by atoms with Crippen molar-refractivity contribution in [2.75, 3.05) is 26.6 Å². The van der Waals surface area contributed by atoms with Crippen LogP contribution in [-0.2, 0) is 20.8 Å². The van der Waals surface area contributed by atoms with Crippen molar-refractivity contribution in [3.05, 3.63) is 23.8 Å². The Bertz CT molecular complexity index is 414. The van der Waals surface area contributed by atoms with Crippen molar-refractivity contribution in [2.45, 2.75) is 25.7 Å².